The summed E-state index contributed by atoms with van der Waals surface area (Å²) in [4.78, 5) is 11.4. The van der Waals surface area contributed by atoms with E-state index >= 15 is 0 Å². The molecular formula is C12H23NO4S. The second-order valence-electron chi connectivity index (χ2n) is 5.34. The van der Waals surface area contributed by atoms with E-state index in [0.29, 0.717) is 25.2 Å². The number of sulfonamides is 1. The number of hydrogen-bond donors (Lipinski definition) is 2. The predicted octanol–water partition coefficient (Wildman–Crippen LogP) is 1.74. The van der Waals surface area contributed by atoms with Gasteiger partial charge in [-0.3, -0.25) is 4.79 Å². The molecule has 1 aliphatic rings. The molecule has 0 unspecified atom stereocenters. The van der Waals surface area contributed by atoms with Crippen molar-refractivity contribution in [3.05, 3.63) is 0 Å². The van der Waals surface area contributed by atoms with Gasteiger partial charge in [-0.15, -0.1) is 0 Å². The Morgan fingerprint density at radius 2 is 1.94 bits per heavy atom. The summed E-state index contributed by atoms with van der Waals surface area (Å²) in [6.07, 6.45) is 3.61. The van der Waals surface area contributed by atoms with Gasteiger partial charge >= 0.3 is 5.97 Å². The summed E-state index contributed by atoms with van der Waals surface area (Å²) in [5.41, 5.74) is -1.28. The summed E-state index contributed by atoms with van der Waals surface area (Å²) in [6, 6.07) is 0. The van der Waals surface area contributed by atoms with Gasteiger partial charge in [-0.1, -0.05) is 20.3 Å². The van der Waals surface area contributed by atoms with E-state index < -0.39 is 21.5 Å². The quantitative estimate of drug-likeness (QED) is 0.774. The van der Waals surface area contributed by atoms with E-state index in [-0.39, 0.29) is 5.75 Å². The fourth-order valence-corrected chi connectivity index (χ4v) is 3.96. The van der Waals surface area contributed by atoms with Crippen molar-refractivity contribution in [2.45, 2.75) is 57.9 Å². The number of carbonyl (C=O) groups is 1. The monoisotopic (exact) mass is 277 g/mol. The highest BCUT2D eigenvalue weighted by molar-refractivity contribution is 7.89. The van der Waals surface area contributed by atoms with Crippen LogP contribution in [0.1, 0.15) is 52.4 Å². The van der Waals surface area contributed by atoms with Crippen molar-refractivity contribution < 1.29 is 18.3 Å². The van der Waals surface area contributed by atoms with Gasteiger partial charge in [0.15, 0.2) is 0 Å². The first-order chi connectivity index (χ1) is 8.31. The number of hydrogen-bond acceptors (Lipinski definition) is 3. The van der Waals surface area contributed by atoms with Crippen LogP contribution in [0.15, 0.2) is 0 Å². The Morgan fingerprint density at radius 1 is 1.39 bits per heavy atom. The third-order valence-electron chi connectivity index (χ3n) is 3.65. The van der Waals surface area contributed by atoms with Crippen molar-refractivity contribution >= 4 is 16.0 Å². The van der Waals surface area contributed by atoms with Crippen LogP contribution in [0.4, 0.5) is 0 Å². The van der Waals surface area contributed by atoms with E-state index in [0.717, 1.165) is 19.3 Å². The molecule has 0 aromatic rings. The molecule has 1 saturated carbocycles. The first-order valence-corrected chi connectivity index (χ1v) is 8.21. The molecule has 0 radical (unpaired) electrons. The molecule has 0 spiro atoms. The summed E-state index contributed by atoms with van der Waals surface area (Å²) in [5.74, 6) is -0.569. The van der Waals surface area contributed by atoms with Crippen LogP contribution >= 0.6 is 0 Å². The Balaban J connectivity index is 2.78. The molecule has 1 rings (SSSR count). The summed E-state index contributed by atoms with van der Waals surface area (Å²) >= 11 is 0. The molecule has 0 bridgehead atoms. The third kappa shape index (κ3) is 3.95. The van der Waals surface area contributed by atoms with Gasteiger partial charge in [0.2, 0.25) is 10.0 Å². The summed E-state index contributed by atoms with van der Waals surface area (Å²) < 4.78 is 26.2. The average molecular weight is 277 g/mol. The van der Waals surface area contributed by atoms with E-state index in [4.69, 9.17) is 0 Å². The Bertz CT molecular complexity index is 383. The maximum Gasteiger partial charge on any atom is 0.324 e. The van der Waals surface area contributed by atoms with E-state index in [9.17, 15) is 18.3 Å². The lowest BCUT2D eigenvalue weighted by molar-refractivity contribution is -0.145. The van der Waals surface area contributed by atoms with Crippen molar-refractivity contribution in [2.75, 3.05) is 5.75 Å². The maximum atomic E-state index is 11.9. The Kier molecular flexibility index (Phi) is 5.16. The summed E-state index contributed by atoms with van der Waals surface area (Å²) in [6.45, 7) is 3.97. The fraction of sp³-hybridized carbons (Fsp3) is 0.917. The minimum atomic E-state index is -3.50. The molecule has 0 aromatic carbocycles. The van der Waals surface area contributed by atoms with Crippen LogP contribution in [0.25, 0.3) is 0 Å². The number of nitrogens with one attached hydrogen (secondary N) is 1. The van der Waals surface area contributed by atoms with Gasteiger partial charge in [0.05, 0.1) is 5.75 Å². The SMILES string of the molecule is CCCCS(=O)(=O)NC1(C(=O)O)CCC(C)CC1. The minimum Gasteiger partial charge on any atom is -0.480 e. The molecule has 18 heavy (non-hydrogen) atoms. The largest absolute Gasteiger partial charge is 0.480 e. The van der Waals surface area contributed by atoms with Crippen LogP contribution in [-0.2, 0) is 14.8 Å². The number of carboxylic acids is 1. The summed E-state index contributed by atoms with van der Waals surface area (Å²) in [7, 11) is -3.50. The summed E-state index contributed by atoms with van der Waals surface area (Å²) in [5, 5.41) is 9.34. The van der Waals surface area contributed by atoms with Crippen molar-refractivity contribution in [3.8, 4) is 0 Å². The smallest absolute Gasteiger partial charge is 0.324 e. The Labute approximate surface area is 109 Å². The number of unbranched alkanes of at least 4 members (excludes halogenated alkanes) is 1. The predicted molar refractivity (Wildman–Crippen MR) is 69.8 cm³/mol. The molecule has 0 aliphatic heterocycles. The van der Waals surface area contributed by atoms with Crippen molar-refractivity contribution in [3.63, 3.8) is 0 Å². The van der Waals surface area contributed by atoms with Gasteiger partial charge in [0, 0.05) is 0 Å². The lowest BCUT2D eigenvalue weighted by atomic mass is 9.78. The lowest BCUT2D eigenvalue weighted by Crippen LogP contribution is -2.56. The van der Waals surface area contributed by atoms with Gasteiger partial charge < -0.3 is 5.11 Å². The Hall–Kier alpha value is -0.620. The molecule has 6 heteroatoms. The fourth-order valence-electron chi connectivity index (χ4n) is 2.30. The highest BCUT2D eigenvalue weighted by Crippen LogP contribution is 2.32. The molecule has 0 aromatic heterocycles. The Morgan fingerprint density at radius 3 is 2.39 bits per heavy atom. The minimum absolute atomic E-state index is 0.00802. The van der Waals surface area contributed by atoms with Crippen molar-refractivity contribution in [1.29, 1.82) is 0 Å². The van der Waals surface area contributed by atoms with E-state index in [1.54, 1.807) is 0 Å². The number of carboxylic acid groups (broad SMARTS) is 1. The van der Waals surface area contributed by atoms with Crippen LogP contribution in [0.2, 0.25) is 0 Å². The molecule has 2 N–H and O–H groups in total. The number of rotatable bonds is 6. The van der Waals surface area contributed by atoms with Gasteiger partial charge in [0.25, 0.3) is 0 Å². The zero-order valence-corrected chi connectivity index (χ0v) is 11.9. The first kappa shape index (κ1) is 15.4. The topological polar surface area (TPSA) is 83.5 Å². The standard InChI is InChI=1S/C12H23NO4S/c1-3-4-9-18(16,17)13-12(11(14)15)7-5-10(2)6-8-12/h10,13H,3-9H2,1-2H3,(H,14,15). The zero-order valence-electron chi connectivity index (χ0n) is 11.1. The van der Waals surface area contributed by atoms with Crippen LogP contribution in [-0.4, -0.2) is 30.8 Å². The highest BCUT2D eigenvalue weighted by Gasteiger charge is 2.43. The molecule has 0 amide bonds. The normalized spacial score (nSPS) is 29.1. The van der Waals surface area contributed by atoms with Crippen LogP contribution in [0, 0.1) is 5.92 Å². The van der Waals surface area contributed by atoms with E-state index in [1.165, 1.54) is 0 Å². The van der Waals surface area contributed by atoms with Crippen LogP contribution in [0.5, 0.6) is 0 Å². The van der Waals surface area contributed by atoms with Crippen molar-refractivity contribution in [2.24, 2.45) is 5.92 Å². The van der Waals surface area contributed by atoms with Gasteiger partial charge in [0.1, 0.15) is 5.54 Å². The van der Waals surface area contributed by atoms with Gasteiger partial charge in [-0.2, -0.15) is 4.72 Å². The second kappa shape index (κ2) is 6.02. The molecule has 1 aliphatic carbocycles. The highest BCUT2D eigenvalue weighted by atomic mass is 32.2. The van der Waals surface area contributed by atoms with Gasteiger partial charge in [-0.05, 0) is 38.0 Å². The maximum absolute atomic E-state index is 11.9. The molecule has 5 nitrogen and oxygen atoms in total. The molecule has 0 heterocycles. The molecule has 1 fully saturated rings. The average Bonchev–Trinajstić information content (AvgIpc) is 2.29. The second-order valence-corrected chi connectivity index (χ2v) is 7.19. The molecule has 0 atom stereocenters. The first-order valence-electron chi connectivity index (χ1n) is 6.56. The van der Waals surface area contributed by atoms with Crippen LogP contribution in [0.3, 0.4) is 0 Å². The van der Waals surface area contributed by atoms with Crippen molar-refractivity contribution in [1.82, 2.24) is 4.72 Å². The number of aliphatic carboxylic acids is 1. The van der Waals surface area contributed by atoms with E-state index in [2.05, 4.69) is 11.6 Å². The third-order valence-corrected chi connectivity index (χ3v) is 5.18. The van der Waals surface area contributed by atoms with E-state index in [1.807, 2.05) is 6.92 Å². The van der Waals surface area contributed by atoms with Crippen LogP contribution < -0.4 is 4.72 Å². The van der Waals surface area contributed by atoms with Gasteiger partial charge in [-0.25, -0.2) is 8.42 Å². The molecule has 0 saturated heterocycles. The molecule has 106 valence electrons. The lowest BCUT2D eigenvalue weighted by Gasteiger charge is -2.36. The zero-order chi connectivity index (χ0) is 13.8. The molecular weight excluding hydrogens is 254 g/mol.